The average molecular weight is 283 g/mol. The summed E-state index contributed by atoms with van der Waals surface area (Å²) in [7, 11) is 1.68. The lowest BCUT2D eigenvalue weighted by atomic mass is 10.2. The van der Waals surface area contributed by atoms with Crippen LogP contribution in [0.15, 0.2) is 12.3 Å². The standard InChI is InChI=1S/C15H26FN3O/c1-5-19(6-7-20-4)15-13(8-14(16)11-18-15)10-17-9-12(2)3/h8,11-12,17H,5-7,9-10H2,1-4H3. The topological polar surface area (TPSA) is 37.4 Å². The average Bonchev–Trinajstić information content (AvgIpc) is 2.41. The number of hydrogen-bond donors (Lipinski definition) is 1. The van der Waals surface area contributed by atoms with Crippen molar-refractivity contribution in [3.05, 3.63) is 23.6 Å². The Labute approximate surface area is 121 Å². The number of methoxy groups -OCH3 is 1. The second kappa shape index (κ2) is 8.87. The highest BCUT2D eigenvalue weighted by atomic mass is 19.1. The van der Waals surface area contributed by atoms with E-state index in [1.165, 1.54) is 6.20 Å². The number of aromatic nitrogens is 1. The van der Waals surface area contributed by atoms with Crippen molar-refractivity contribution in [2.24, 2.45) is 5.92 Å². The molecule has 0 amide bonds. The normalized spacial score (nSPS) is 11.1. The van der Waals surface area contributed by atoms with Gasteiger partial charge in [0.15, 0.2) is 0 Å². The van der Waals surface area contributed by atoms with Gasteiger partial charge in [-0.3, -0.25) is 0 Å². The molecule has 0 atom stereocenters. The second-order valence-corrected chi connectivity index (χ2v) is 5.23. The van der Waals surface area contributed by atoms with E-state index < -0.39 is 0 Å². The minimum absolute atomic E-state index is 0.294. The van der Waals surface area contributed by atoms with E-state index in [4.69, 9.17) is 4.74 Å². The Morgan fingerprint density at radius 3 is 2.80 bits per heavy atom. The summed E-state index contributed by atoms with van der Waals surface area (Å²) in [6, 6.07) is 1.56. The van der Waals surface area contributed by atoms with Gasteiger partial charge in [0.2, 0.25) is 0 Å². The van der Waals surface area contributed by atoms with E-state index in [1.807, 2.05) is 0 Å². The fourth-order valence-electron chi connectivity index (χ4n) is 2.00. The first-order valence-corrected chi connectivity index (χ1v) is 7.17. The third-order valence-corrected chi connectivity index (χ3v) is 3.02. The van der Waals surface area contributed by atoms with Crippen LogP contribution in [0.1, 0.15) is 26.3 Å². The van der Waals surface area contributed by atoms with Crippen LogP contribution in [0.5, 0.6) is 0 Å². The first-order valence-electron chi connectivity index (χ1n) is 7.17. The molecule has 5 heteroatoms. The summed E-state index contributed by atoms with van der Waals surface area (Å²) in [6.07, 6.45) is 1.27. The molecule has 1 rings (SSSR count). The quantitative estimate of drug-likeness (QED) is 0.755. The summed E-state index contributed by atoms with van der Waals surface area (Å²) >= 11 is 0. The van der Waals surface area contributed by atoms with E-state index in [1.54, 1.807) is 13.2 Å². The zero-order valence-corrected chi connectivity index (χ0v) is 12.9. The van der Waals surface area contributed by atoms with Crippen molar-refractivity contribution in [2.45, 2.75) is 27.3 Å². The van der Waals surface area contributed by atoms with Crippen molar-refractivity contribution in [1.82, 2.24) is 10.3 Å². The molecule has 0 saturated heterocycles. The molecule has 1 aromatic rings. The second-order valence-electron chi connectivity index (χ2n) is 5.23. The fraction of sp³-hybridized carbons (Fsp3) is 0.667. The number of likely N-dealkylation sites (N-methyl/N-ethyl adjacent to an activating group) is 1. The molecule has 0 aromatic carbocycles. The Kier molecular flexibility index (Phi) is 7.47. The number of pyridine rings is 1. The van der Waals surface area contributed by atoms with Gasteiger partial charge in [0.05, 0.1) is 12.8 Å². The van der Waals surface area contributed by atoms with Crippen LogP contribution < -0.4 is 10.2 Å². The molecule has 1 aromatic heterocycles. The van der Waals surface area contributed by atoms with Gasteiger partial charge in [0.1, 0.15) is 11.6 Å². The van der Waals surface area contributed by atoms with E-state index in [-0.39, 0.29) is 5.82 Å². The van der Waals surface area contributed by atoms with Gasteiger partial charge in [-0.15, -0.1) is 0 Å². The molecule has 4 nitrogen and oxygen atoms in total. The van der Waals surface area contributed by atoms with E-state index in [9.17, 15) is 4.39 Å². The number of anilines is 1. The van der Waals surface area contributed by atoms with Crippen LogP contribution in [-0.4, -0.2) is 38.3 Å². The molecule has 0 aliphatic rings. The van der Waals surface area contributed by atoms with Gasteiger partial charge in [-0.1, -0.05) is 13.8 Å². The van der Waals surface area contributed by atoms with E-state index in [0.717, 1.165) is 31.0 Å². The summed E-state index contributed by atoms with van der Waals surface area (Å²) in [5, 5.41) is 3.34. The maximum atomic E-state index is 13.4. The van der Waals surface area contributed by atoms with Crippen LogP contribution in [0.25, 0.3) is 0 Å². The minimum atomic E-state index is -0.294. The van der Waals surface area contributed by atoms with Crippen LogP contribution in [0.4, 0.5) is 10.2 Å². The molecule has 0 aliphatic heterocycles. The Bertz CT molecular complexity index is 399. The van der Waals surface area contributed by atoms with Crippen LogP contribution in [0, 0.1) is 11.7 Å². The predicted molar refractivity (Wildman–Crippen MR) is 80.5 cm³/mol. The molecule has 0 spiro atoms. The number of halogens is 1. The molecule has 0 radical (unpaired) electrons. The van der Waals surface area contributed by atoms with Gasteiger partial charge in [0, 0.05) is 32.3 Å². The molecule has 0 saturated carbocycles. The van der Waals surface area contributed by atoms with Gasteiger partial charge >= 0.3 is 0 Å². The fourth-order valence-corrected chi connectivity index (χ4v) is 2.00. The molecule has 1 heterocycles. The number of nitrogens with one attached hydrogen (secondary N) is 1. The van der Waals surface area contributed by atoms with E-state index in [2.05, 4.69) is 36.0 Å². The highest BCUT2D eigenvalue weighted by molar-refractivity contribution is 5.46. The smallest absolute Gasteiger partial charge is 0.141 e. The molecule has 0 aliphatic carbocycles. The first-order chi connectivity index (χ1) is 9.58. The van der Waals surface area contributed by atoms with Crippen LogP contribution >= 0.6 is 0 Å². The van der Waals surface area contributed by atoms with E-state index >= 15 is 0 Å². The molecule has 114 valence electrons. The van der Waals surface area contributed by atoms with Crippen molar-refractivity contribution in [2.75, 3.05) is 38.3 Å². The molecule has 0 bridgehead atoms. The minimum Gasteiger partial charge on any atom is -0.383 e. The summed E-state index contributed by atoms with van der Waals surface area (Å²) in [5.74, 6) is 1.11. The van der Waals surface area contributed by atoms with Gasteiger partial charge in [-0.2, -0.15) is 0 Å². The number of ether oxygens (including phenoxy) is 1. The van der Waals surface area contributed by atoms with Gasteiger partial charge in [0.25, 0.3) is 0 Å². The highest BCUT2D eigenvalue weighted by Gasteiger charge is 2.12. The number of hydrogen-bond acceptors (Lipinski definition) is 4. The monoisotopic (exact) mass is 283 g/mol. The molecular weight excluding hydrogens is 257 g/mol. The van der Waals surface area contributed by atoms with Crippen molar-refractivity contribution in [3.63, 3.8) is 0 Å². The van der Waals surface area contributed by atoms with Gasteiger partial charge in [-0.25, -0.2) is 9.37 Å². The Morgan fingerprint density at radius 1 is 1.45 bits per heavy atom. The molecule has 0 unspecified atom stereocenters. The molecule has 1 N–H and O–H groups in total. The maximum Gasteiger partial charge on any atom is 0.141 e. The van der Waals surface area contributed by atoms with E-state index in [0.29, 0.717) is 19.1 Å². The number of nitrogens with zero attached hydrogens (tertiary/aromatic N) is 2. The highest BCUT2D eigenvalue weighted by Crippen LogP contribution is 2.18. The maximum absolute atomic E-state index is 13.4. The predicted octanol–water partition coefficient (Wildman–Crippen LogP) is 2.44. The first kappa shape index (κ1) is 16.9. The summed E-state index contributed by atoms with van der Waals surface area (Å²) in [6.45, 7) is 10.1. The number of rotatable bonds is 9. The van der Waals surface area contributed by atoms with Gasteiger partial charge < -0.3 is 15.0 Å². The largest absolute Gasteiger partial charge is 0.383 e. The Morgan fingerprint density at radius 2 is 2.20 bits per heavy atom. The zero-order valence-electron chi connectivity index (χ0n) is 12.9. The van der Waals surface area contributed by atoms with Crippen LogP contribution in [0.3, 0.4) is 0 Å². The summed E-state index contributed by atoms with van der Waals surface area (Å²) in [4.78, 5) is 6.36. The van der Waals surface area contributed by atoms with Crippen LogP contribution in [0.2, 0.25) is 0 Å². The molecule has 20 heavy (non-hydrogen) atoms. The Hall–Kier alpha value is -1.20. The molecule has 0 fully saturated rings. The molecular formula is C15H26FN3O. The lowest BCUT2D eigenvalue weighted by Crippen LogP contribution is -2.30. The van der Waals surface area contributed by atoms with Crippen LogP contribution in [-0.2, 0) is 11.3 Å². The lowest BCUT2D eigenvalue weighted by molar-refractivity contribution is 0.205. The SMILES string of the molecule is CCN(CCOC)c1ncc(F)cc1CNCC(C)C. The van der Waals surface area contributed by atoms with Crippen molar-refractivity contribution >= 4 is 5.82 Å². The lowest BCUT2D eigenvalue weighted by Gasteiger charge is -2.24. The van der Waals surface area contributed by atoms with Gasteiger partial charge in [-0.05, 0) is 25.5 Å². The van der Waals surface area contributed by atoms with Crippen molar-refractivity contribution < 1.29 is 9.13 Å². The third-order valence-electron chi connectivity index (χ3n) is 3.02. The Balaban J connectivity index is 2.81. The van der Waals surface area contributed by atoms with Crippen molar-refractivity contribution in [1.29, 1.82) is 0 Å². The summed E-state index contributed by atoms with van der Waals surface area (Å²) < 4.78 is 18.5. The van der Waals surface area contributed by atoms with Crippen molar-refractivity contribution in [3.8, 4) is 0 Å². The third kappa shape index (κ3) is 5.43. The zero-order chi connectivity index (χ0) is 15.0. The summed E-state index contributed by atoms with van der Waals surface area (Å²) in [5.41, 5.74) is 0.892.